The molecular formula is C5H11N3O. The minimum Gasteiger partial charge on any atom is -0.478 e. The molecule has 0 aromatic rings. The molecule has 0 aromatic carbocycles. The third-order valence-corrected chi connectivity index (χ3v) is 1.18. The van der Waals surface area contributed by atoms with Crippen LogP contribution in [0.1, 0.15) is 0 Å². The van der Waals surface area contributed by atoms with Gasteiger partial charge in [0, 0.05) is 6.54 Å². The lowest BCUT2D eigenvalue weighted by molar-refractivity contribution is 0.333. The van der Waals surface area contributed by atoms with Crippen LogP contribution in [0.2, 0.25) is 0 Å². The maximum Gasteiger partial charge on any atom is 0.202 e. The molecule has 1 heterocycles. The first-order chi connectivity index (χ1) is 4.34. The molecule has 9 heavy (non-hydrogen) atoms. The van der Waals surface area contributed by atoms with Gasteiger partial charge in [0.05, 0.1) is 12.6 Å². The van der Waals surface area contributed by atoms with E-state index in [9.17, 15) is 0 Å². The van der Waals surface area contributed by atoms with Crippen molar-refractivity contribution in [1.82, 2.24) is 0 Å². The van der Waals surface area contributed by atoms with Gasteiger partial charge in [0.25, 0.3) is 0 Å². The van der Waals surface area contributed by atoms with Crippen LogP contribution in [0.25, 0.3) is 0 Å². The molecule has 1 rings (SSSR count). The number of rotatable bonds is 2. The summed E-state index contributed by atoms with van der Waals surface area (Å²) in [5.74, 6) is 0.609. The predicted octanol–water partition coefficient (Wildman–Crippen LogP) is -1.30. The zero-order valence-corrected chi connectivity index (χ0v) is 5.21. The normalized spacial score (nSPS) is 20.9. The van der Waals surface area contributed by atoms with Crippen LogP contribution < -0.4 is 11.5 Å². The Morgan fingerprint density at radius 1 is 1.78 bits per heavy atom. The zero-order valence-electron chi connectivity index (χ0n) is 5.21. The lowest BCUT2D eigenvalue weighted by Gasteiger charge is -2.06. The quantitative estimate of drug-likeness (QED) is 0.486. The van der Waals surface area contributed by atoms with Crippen molar-refractivity contribution in [2.75, 3.05) is 19.7 Å². The second-order valence-corrected chi connectivity index (χ2v) is 1.91. The van der Waals surface area contributed by atoms with Crippen molar-refractivity contribution in [3.05, 3.63) is 0 Å². The Hall–Kier alpha value is -0.610. The molecule has 0 fully saturated rings. The van der Waals surface area contributed by atoms with Gasteiger partial charge >= 0.3 is 0 Å². The van der Waals surface area contributed by atoms with Gasteiger partial charge in [-0.25, -0.2) is 0 Å². The van der Waals surface area contributed by atoms with E-state index in [1.807, 2.05) is 0 Å². The summed E-state index contributed by atoms with van der Waals surface area (Å²) in [5.41, 5.74) is 10.8. The van der Waals surface area contributed by atoms with E-state index in [1.165, 1.54) is 0 Å². The molecule has 0 amide bonds. The molecule has 1 unspecified atom stereocenters. The van der Waals surface area contributed by atoms with Crippen LogP contribution in [-0.4, -0.2) is 31.6 Å². The second-order valence-electron chi connectivity index (χ2n) is 1.91. The van der Waals surface area contributed by atoms with E-state index < -0.39 is 0 Å². The van der Waals surface area contributed by atoms with Crippen LogP contribution >= 0.6 is 0 Å². The maximum atomic E-state index is 5.50. The largest absolute Gasteiger partial charge is 0.478 e. The molecule has 1 aliphatic rings. The van der Waals surface area contributed by atoms with Crippen LogP contribution in [0.15, 0.2) is 4.99 Å². The monoisotopic (exact) mass is 129 g/mol. The van der Waals surface area contributed by atoms with Crippen LogP contribution in [-0.2, 0) is 4.74 Å². The smallest absolute Gasteiger partial charge is 0.202 e. The van der Waals surface area contributed by atoms with Crippen molar-refractivity contribution in [2.24, 2.45) is 16.5 Å². The lowest BCUT2D eigenvalue weighted by atomic mass is 10.3. The molecule has 1 atom stereocenters. The van der Waals surface area contributed by atoms with E-state index in [1.54, 1.807) is 0 Å². The van der Waals surface area contributed by atoms with Gasteiger partial charge < -0.3 is 16.2 Å². The minimum atomic E-state index is -0.201. The number of ether oxygens (including phenoxy) is 1. The first-order valence-corrected chi connectivity index (χ1v) is 2.97. The van der Waals surface area contributed by atoms with Crippen molar-refractivity contribution in [1.29, 1.82) is 0 Å². The second kappa shape index (κ2) is 2.80. The molecule has 0 aliphatic carbocycles. The van der Waals surface area contributed by atoms with Crippen LogP contribution in [0.5, 0.6) is 0 Å². The third-order valence-electron chi connectivity index (χ3n) is 1.18. The minimum absolute atomic E-state index is 0.201. The topological polar surface area (TPSA) is 73.6 Å². The van der Waals surface area contributed by atoms with Gasteiger partial charge in [-0.05, 0) is 0 Å². The van der Waals surface area contributed by atoms with Crippen molar-refractivity contribution in [2.45, 2.75) is 6.04 Å². The highest BCUT2D eigenvalue weighted by molar-refractivity contribution is 5.82. The Morgan fingerprint density at radius 3 is 3.00 bits per heavy atom. The first-order valence-electron chi connectivity index (χ1n) is 2.97. The number of aliphatic imine (C=N–C) groups is 1. The summed E-state index contributed by atoms with van der Waals surface area (Å²) in [6.07, 6.45) is 0. The van der Waals surface area contributed by atoms with Crippen LogP contribution in [0.4, 0.5) is 0 Å². The highest BCUT2D eigenvalue weighted by Gasteiger charge is 2.13. The summed E-state index contributed by atoms with van der Waals surface area (Å²) in [4.78, 5) is 4.00. The van der Waals surface area contributed by atoms with Crippen LogP contribution in [0, 0.1) is 0 Å². The molecule has 0 aromatic heterocycles. The summed E-state index contributed by atoms with van der Waals surface area (Å²) < 4.78 is 5.05. The molecule has 0 bridgehead atoms. The summed E-state index contributed by atoms with van der Waals surface area (Å²) in [6, 6.07) is -0.201. The van der Waals surface area contributed by atoms with Gasteiger partial charge in [0.2, 0.25) is 5.90 Å². The molecule has 0 saturated heterocycles. The molecule has 52 valence electrons. The van der Waals surface area contributed by atoms with Crippen LogP contribution in [0.3, 0.4) is 0 Å². The van der Waals surface area contributed by atoms with E-state index >= 15 is 0 Å². The van der Waals surface area contributed by atoms with Crippen molar-refractivity contribution >= 4 is 5.90 Å². The average Bonchev–Trinajstić information content (AvgIpc) is 2.37. The highest BCUT2D eigenvalue weighted by atomic mass is 16.5. The molecule has 4 nitrogen and oxygen atoms in total. The fourth-order valence-electron chi connectivity index (χ4n) is 0.677. The maximum absolute atomic E-state index is 5.50. The Morgan fingerprint density at radius 2 is 2.56 bits per heavy atom. The van der Waals surface area contributed by atoms with E-state index in [2.05, 4.69) is 4.99 Å². The lowest BCUT2D eigenvalue weighted by Crippen LogP contribution is -2.37. The Bertz CT molecular complexity index is 123. The molecule has 1 aliphatic heterocycles. The molecule has 4 heteroatoms. The van der Waals surface area contributed by atoms with Gasteiger partial charge in [0.1, 0.15) is 6.61 Å². The highest BCUT2D eigenvalue weighted by Crippen LogP contribution is 1.95. The van der Waals surface area contributed by atoms with Gasteiger partial charge in [-0.2, -0.15) is 0 Å². The van der Waals surface area contributed by atoms with Crippen molar-refractivity contribution < 1.29 is 4.74 Å². The molecule has 0 radical (unpaired) electrons. The molecule has 4 N–H and O–H groups in total. The predicted molar refractivity (Wildman–Crippen MR) is 35.3 cm³/mol. The van der Waals surface area contributed by atoms with Gasteiger partial charge in [-0.15, -0.1) is 0 Å². The average molecular weight is 129 g/mol. The summed E-state index contributed by atoms with van der Waals surface area (Å²) in [5, 5.41) is 0. The first kappa shape index (κ1) is 6.51. The van der Waals surface area contributed by atoms with Crippen molar-refractivity contribution in [3.63, 3.8) is 0 Å². The van der Waals surface area contributed by atoms with E-state index in [4.69, 9.17) is 16.2 Å². The summed E-state index contributed by atoms with van der Waals surface area (Å²) >= 11 is 0. The Kier molecular flexibility index (Phi) is 2.02. The number of nitrogens with zero attached hydrogens (tertiary/aromatic N) is 1. The van der Waals surface area contributed by atoms with Gasteiger partial charge in [-0.1, -0.05) is 0 Å². The fourth-order valence-corrected chi connectivity index (χ4v) is 0.677. The standard InChI is InChI=1S/C5H11N3O/c6-3-4(7)5-8-1-2-9-5/h4H,1-3,6-7H2. The molecular weight excluding hydrogens is 118 g/mol. The van der Waals surface area contributed by atoms with E-state index in [0.29, 0.717) is 19.0 Å². The zero-order chi connectivity index (χ0) is 6.69. The van der Waals surface area contributed by atoms with E-state index in [0.717, 1.165) is 6.54 Å². The van der Waals surface area contributed by atoms with E-state index in [-0.39, 0.29) is 6.04 Å². The fraction of sp³-hybridized carbons (Fsp3) is 0.800. The SMILES string of the molecule is NCC(N)C1=NCCO1. The number of hydrogen-bond donors (Lipinski definition) is 2. The molecule has 0 spiro atoms. The summed E-state index contributed by atoms with van der Waals surface area (Å²) in [7, 11) is 0. The summed E-state index contributed by atoms with van der Waals surface area (Å²) in [6.45, 7) is 1.78. The van der Waals surface area contributed by atoms with Crippen molar-refractivity contribution in [3.8, 4) is 0 Å². The van der Waals surface area contributed by atoms with Gasteiger partial charge in [-0.3, -0.25) is 4.99 Å². The van der Waals surface area contributed by atoms with Gasteiger partial charge in [0.15, 0.2) is 0 Å². The Labute approximate surface area is 53.9 Å². The Balaban J connectivity index is 2.40. The number of hydrogen-bond acceptors (Lipinski definition) is 4. The molecule has 0 saturated carbocycles. The number of nitrogens with two attached hydrogens (primary N) is 2. The third kappa shape index (κ3) is 1.40.